The highest BCUT2D eigenvalue weighted by Crippen LogP contribution is 2.43. The van der Waals surface area contributed by atoms with Crippen molar-refractivity contribution in [1.82, 2.24) is 20.2 Å². The molecule has 0 bridgehead atoms. The number of fused-ring (bicyclic) bond motifs is 1. The van der Waals surface area contributed by atoms with Gasteiger partial charge in [-0.25, -0.2) is 0 Å². The molecule has 12 heteroatoms. The molecule has 5 rings (SSSR count). The molecule has 0 amide bonds. The highest BCUT2D eigenvalue weighted by molar-refractivity contribution is 5.64. The molecule has 0 radical (unpaired) electrons. The lowest BCUT2D eigenvalue weighted by molar-refractivity contribution is -0.143. The van der Waals surface area contributed by atoms with E-state index in [1.165, 1.54) is 30.5 Å². The van der Waals surface area contributed by atoms with Gasteiger partial charge >= 0.3 is 12.4 Å². The van der Waals surface area contributed by atoms with Crippen LogP contribution in [0.5, 0.6) is 0 Å². The molecule has 6 nitrogen and oxygen atoms in total. The van der Waals surface area contributed by atoms with Gasteiger partial charge in [0.1, 0.15) is 0 Å². The smallest absolute Gasteiger partial charge is 0.371 e. The standard InChI is InChI=1S/C31H38F6N6/c1-19-7-9-22(10-8-19)17-42-11-5-6-27(26-13-20(2)12-21(3)28(26)42)43(29-38-40-41(4)39-29)18-23-14-24(30(32,33)34)16-25(15-23)31(35,36)37/h12-16,19,22,27H,5-11,17-18H2,1-4H3/t19?,22?,27-/m0/s1. The third-order valence-corrected chi connectivity index (χ3v) is 8.80. The van der Waals surface area contributed by atoms with E-state index in [2.05, 4.69) is 46.3 Å². The van der Waals surface area contributed by atoms with E-state index in [9.17, 15) is 26.3 Å². The summed E-state index contributed by atoms with van der Waals surface area (Å²) in [6.45, 7) is 7.83. The van der Waals surface area contributed by atoms with E-state index in [0.29, 0.717) is 12.3 Å². The molecule has 0 spiro atoms. The van der Waals surface area contributed by atoms with Crippen molar-refractivity contribution in [3.63, 3.8) is 0 Å². The van der Waals surface area contributed by atoms with E-state index in [-0.39, 0.29) is 24.1 Å². The van der Waals surface area contributed by atoms with Gasteiger partial charge in [0.15, 0.2) is 0 Å². The summed E-state index contributed by atoms with van der Waals surface area (Å²) in [6, 6.07) is 5.56. The summed E-state index contributed by atoms with van der Waals surface area (Å²) < 4.78 is 82.4. The fraction of sp³-hybridized carbons (Fsp3) is 0.581. The molecule has 1 aromatic heterocycles. The molecule has 1 aliphatic carbocycles. The molecule has 0 unspecified atom stereocenters. The SMILES string of the molecule is Cc1cc(C)c2c(c1)[C@@H](N(Cc1cc(C(F)(F)F)cc(C(F)(F)F)c1)c1nnn(C)n1)CCCN2CC1CCC(C)CC1. The molecular weight excluding hydrogens is 570 g/mol. The number of hydrogen-bond acceptors (Lipinski definition) is 5. The number of aryl methyl sites for hydroxylation is 3. The average molecular weight is 609 g/mol. The third kappa shape index (κ3) is 7.09. The summed E-state index contributed by atoms with van der Waals surface area (Å²) >= 11 is 0. The number of nitrogens with zero attached hydrogens (tertiary/aromatic N) is 6. The van der Waals surface area contributed by atoms with Crippen LogP contribution in [0.15, 0.2) is 30.3 Å². The Morgan fingerprint density at radius 3 is 2.12 bits per heavy atom. The lowest BCUT2D eigenvalue weighted by Gasteiger charge is -2.36. The number of hydrogen-bond donors (Lipinski definition) is 0. The summed E-state index contributed by atoms with van der Waals surface area (Å²) in [5, 5.41) is 12.5. The molecule has 1 saturated carbocycles. The van der Waals surface area contributed by atoms with E-state index in [4.69, 9.17) is 0 Å². The van der Waals surface area contributed by atoms with Crippen molar-refractivity contribution in [3.05, 3.63) is 63.7 Å². The van der Waals surface area contributed by atoms with Crippen molar-refractivity contribution in [3.8, 4) is 0 Å². The Morgan fingerprint density at radius 2 is 1.53 bits per heavy atom. The van der Waals surface area contributed by atoms with E-state index in [0.717, 1.165) is 59.9 Å². The number of benzene rings is 2. The van der Waals surface area contributed by atoms with Gasteiger partial charge in [0.2, 0.25) is 0 Å². The Kier molecular flexibility index (Phi) is 8.68. The van der Waals surface area contributed by atoms with Crippen molar-refractivity contribution < 1.29 is 26.3 Å². The summed E-state index contributed by atoms with van der Waals surface area (Å²) in [7, 11) is 1.57. The van der Waals surface area contributed by atoms with Gasteiger partial charge in [0.25, 0.3) is 5.95 Å². The first-order valence-corrected chi connectivity index (χ1v) is 14.8. The van der Waals surface area contributed by atoms with Crippen LogP contribution in [0.1, 0.15) is 84.9 Å². The predicted octanol–water partition coefficient (Wildman–Crippen LogP) is 8.04. The zero-order valence-electron chi connectivity index (χ0n) is 24.9. The number of alkyl halides is 6. The molecule has 2 heterocycles. The maximum atomic E-state index is 13.7. The maximum absolute atomic E-state index is 13.7. The van der Waals surface area contributed by atoms with Crippen molar-refractivity contribution >= 4 is 11.6 Å². The van der Waals surface area contributed by atoms with Gasteiger partial charge in [0, 0.05) is 25.3 Å². The average Bonchev–Trinajstić information content (AvgIpc) is 3.26. The first kappa shape index (κ1) is 31.1. The fourth-order valence-electron chi connectivity index (χ4n) is 6.77. The molecule has 0 saturated heterocycles. The Bertz CT molecular complexity index is 1390. The lowest BCUT2D eigenvalue weighted by atomic mass is 9.82. The topological polar surface area (TPSA) is 50.1 Å². The molecule has 3 aromatic rings. The van der Waals surface area contributed by atoms with Gasteiger partial charge in [-0.3, -0.25) is 0 Å². The Labute approximate surface area is 248 Å². The van der Waals surface area contributed by atoms with Gasteiger partial charge in [-0.15, -0.1) is 5.10 Å². The van der Waals surface area contributed by atoms with E-state index < -0.39 is 29.5 Å². The van der Waals surface area contributed by atoms with Crippen LogP contribution in [-0.2, 0) is 25.9 Å². The molecular formula is C31H38F6N6. The highest BCUT2D eigenvalue weighted by atomic mass is 19.4. The summed E-state index contributed by atoms with van der Waals surface area (Å²) in [4.78, 5) is 5.40. The number of rotatable bonds is 6. The number of halogens is 6. The van der Waals surface area contributed by atoms with Crippen LogP contribution in [0, 0.1) is 25.7 Å². The lowest BCUT2D eigenvalue weighted by Crippen LogP contribution is -2.33. The van der Waals surface area contributed by atoms with Crippen LogP contribution in [-0.4, -0.2) is 33.3 Å². The third-order valence-electron chi connectivity index (χ3n) is 8.80. The Balaban J connectivity index is 1.58. The van der Waals surface area contributed by atoms with Gasteiger partial charge in [-0.05, 0) is 91.5 Å². The first-order chi connectivity index (χ1) is 20.2. The maximum Gasteiger partial charge on any atom is 0.416 e. The van der Waals surface area contributed by atoms with Crippen LogP contribution in [0.3, 0.4) is 0 Å². The van der Waals surface area contributed by atoms with Crippen molar-refractivity contribution in [2.45, 2.75) is 84.2 Å². The number of aromatic nitrogens is 4. The second kappa shape index (κ2) is 12.0. The predicted molar refractivity (Wildman–Crippen MR) is 153 cm³/mol. The Morgan fingerprint density at radius 1 is 0.884 bits per heavy atom. The molecule has 1 atom stereocenters. The van der Waals surface area contributed by atoms with Crippen LogP contribution in [0.25, 0.3) is 0 Å². The fourth-order valence-corrected chi connectivity index (χ4v) is 6.77. The van der Waals surface area contributed by atoms with Crippen LogP contribution >= 0.6 is 0 Å². The molecule has 2 aromatic carbocycles. The van der Waals surface area contributed by atoms with E-state index in [1.54, 1.807) is 11.9 Å². The zero-order valence-corrected chi connectivity index (χ0v) is 24.9. The van der Waals surface area contributed by atoms with Crippen molar-refractivity contribution in [2.24, 2.45) is 18.9 Å². The minimum Gasteiger partial charge on any atom is -0.371 e. The molecule has 1 aliphatic heterocycles. The van der Waals surface area contributed by atoms with Crippen molar-refractivity contribution in [2.75, 3.05) is 22.9 Å². The monoisotopic (exact) mass is 608 g/mol. The first-order valence-electron chi connectivity index (χ1n) is 14.8. The van der Waals surface area contributed by atoms with Gasteiger partial charge < -0.3 is 9.80 Å². The number of tetrazole rings is 1. The quantitative estimate of drug-likeness (QED) is 0.265. The largest absolute Gasteiger partial charge is 0.416 e. The normalized spacial score (nSPS) is 21.4. The van der Waals surface area contributed by atoms with Gasteiger partial charge in [0.05, 0.1) is 24.2 Å². The van der Waals surface area contributed by atoms with E-state index in [1.807, 2.05) is 6.92 Å². The second-order valence-electron chi connectivity index (χ2n) is 12.4. The van der Waals surface area contributed by atoms with Crippen LogP contribution in [0.4, 0.5) is 38.0 Å². The molecule has 43 heavy (non-hydrogen) atoms. The van der Waals surface area contributed by atoms with Crippen molar-refractivity contribution in [1.29, 1.82) is 0 Å². The summed E-state index contributed by atoms with van der Waals surface area (Å²) in [5.74, 6) is 1.46. The molecule has 2 aliphatic rings. The highest BCUT2D eigenvalue weighted by Gasteiger charge is 2.38. The van der Waals surface area contributed by atoms with E-state index >= 15 is 0 Å². The molecule has 0 N–H and O–H groups in total. The van der Waals surface area contributed by atoms with Crippen LogP contribution < -0.4 is 9.80 Å². The van der Waals surface area contributed by atoms with Crippen LogP contribution in [0.2, 0.25) is 0 Å². The number of anilines is 2. The molecule has 1 fully saturated rings. The summed E-state index contributed by atoms with van der Waals surface area (Å²) in [6.07, 6.45) is -3.69. The Hall–Kier alpha value is -3.31. The minimum absolute atomic E-state index is 0.127. The zero-order chi connectivity index (χ0) is 31.1. The summed E-state index contributed by atoms with van der Waals surface area (Å²) in [5.41, 5.74) is 1.38. The van der Waals surface area contributed by atoms with Gasteiger partial charge in [-0.2, -0.15) is 31.1 Å². The van der Waals surface area contributed by atoms with Gasteiger partial charge in [-0.1, -0.05) is 42.6 Å². The molecule has 234 valence electrons. The second-order valence-corrected chi connectivity index (χ2v) is 12.4. The minimum atomic E-state index is -4.94.